The maximum atomic E-state index is 13.0. The van der Waals surface area contributed by atoms with Crippen molar-refractivity contribution >= 4 is 5.91 Å². The monoisotopic (exact) mass is 296 g/mol. The fourth-order valence-electron chi connectivity index (χ4n) is 3.66. The third-order valence-electron chi connectivity index (χ3n) is 4.99. The first-order valence-corrected chi connectivity index (χ1v) is 8.43. The minimum Gasteiger partial charge on any atom is -0.375 e. The Labute approximate surface area is 129 Å². The van der Waals surface area contributed by atoms with Crippen molar-refractivity contribution in [1.29, 1.82) is 0 Å². The molecule has 21 heavy (non-hydrogen) atoms. The molecule has 2 aliphatic heterocycles. The number of ether oxygens (including phenoxy) is 1. The van der Waals surface area contributed by atoms with Crippen molar-refractivity contribution in [1.82, 2.24) is 10.2 Å². The summed E-state index contributed by atoms with van der Waals surface area (Å²) < 4.78 is 5.83. The normalized spacial score (nSPS) is 36.5. The average molecular weight is 296 g/mol. The van der Waals surface area contributed by atoms with Gasteiger partial charge in [0.15, 0.2) is 0 Å². The number of nitrogens with one attached hydrogen (secondary N) is 1. The van der Waals surface area contributed by atoms with E-state index in [1.165, 1.54) is 0 Å². The number of hydrogen-bond donors (Lipinski definition) is 1. The lowest BCUT2D eigenvalue weighted by molar-refractivity contribution is -0.141. The van der Waals surface area contributed by atoms with Crippen LogP contribution in [0.25, 0.3) is 0 Å². The molecule has 3 unspecified atom stereocenters. The molecule has 2 saturated heterocycles. The highest BCUT2D eigenvalue weighted by atomic mass is 16.5. The summed E-state index contributed by atoms with van der Waals surface area (Å²) in [7, 11) is 0. The van der Waals surface area contributed by atoms with Crippen molar-refractivity contribution in [2.45, 2.75) is 90.6 Å². The highest BCUT2D eigenvalue weighted by molar-refractivity contribution is 5.88. The number of nitrogens with zero attached hydrogens (tertiary/aromatic N) is 1. The number of amides is 1. The number of carbonyl (C=O) groups excluding carboxylic acids is 1. The smallest absolute Gasteiger partial charge is 0.244 e. The molecule has 0 aromatic rings. The predicted molar refractivity (Wildman–Crippen MR) is 85.0 cm³/mol. The SMILES string of the molecule is CCC1(C)NC(CC(C)C)N(C2CCOC(C)(C)C2)C1=O. The van der Waals surface area contributed by atoms with Crippen LogP contribution in [0.4, 0.5) is 0 Å². The van der Waals surface area contributed by atoms with Crippen molar-refractivity contribution in [2.75, 3.05) is 6.61 Å². The van der Waals surface area contributed by atoms with Gasteiger partial charge in [-0.2, -0.15) is 0 Å². The zero-order chi connectivity index (χ0) is 15.8. The minimum absolute atomic E-state index is 0.128. The summed E-state index contributed by atoms with van der Waals surface area (Å²) in [6.45, 7) is 13.6. The van der Waals surface area contributed by atoms with Crippen molar-refractivity contribution in [3.05, 3.63) is 0 Å². The van der Waals surface area contributed by atoms with Gasteiger partial charge in [0.25, 0.3) is 0 Å². The van der Waals surface area contributed by atoms with Gasteiger partial charge in [0.2, 0.25) is 5.91 Å². The van der Waals surface area contributed by atoms with E-state index in [-0.39, 0.29) is 17.7 Å². The van der Waals surface area contributed by atoms with Crippen LogP contribution in [0.5, 0.6) is 0 Å². The standard InChI is InChI=1S/C17H32N2O2/c1-7-17(6)15(20)19(14(18-17)10-12(2)3)13-8-9-21-16(4,5)11-13/h12-14,18H,7-11H2,1-6H3. The van der Waals surface area contributed by atoms with Crippen LogP contribution in [0.3, 0.4) is 0 Å². The minimum atomic E-state index is -0.401. The molecular weight excluding hydrogens is 264 g/mol. The summed E-state index contributed by atoms with van der Waals surface area (Å²) in [5.74, 6) is 0.850. The number of carbonyl (C=O) groups is 1. The molecule has 0 bridgehead atoms. The highest BCUT2D eigenvalue weighted by Crippen LogP contribution is 2.35. The van der Waals surface area contributed by atoms with Gasteiger partial charge >= 0.3 is 0 Å². The van der Waals surface area contributed by atoms with Crippen LogP contribution in [-0.4, -0.2) is 40.8 Å². The summed E-state index contributed by atoms with van der Waals surface area (Å²) in [6, 6.07) is 0.297. The van der Waals surface area contributed by atoms with Crippen LogP contribution in [0, 0.1) is 5.92 Å². The Balaban J connectivity index is 2.22. The van der Waals surface area contributed by atoms with E-state index in [1.807, 2.05) is 6.92 Å². The van der Waals surface area contributed by atoms with Gasteiger partial charge in [-0.1, -0.05) is 20.8 Å². The molecule has 0 aromatic carbocycles. The van der Waals surface area contributed by atoms with Gasteiger partial charge in [-0.15, -0.1) is 0 Å². The molecule has 0 radical (unpaired) electrons. The zero-order valence-corrected chi connectivity index (χ0v) is 14.5. The fourth-order valence-corrected chi connectivity index (χ4v) is 3.66. The summed E-state index contributed by atoms with van der Waals surface area (Å²) >= 11 is 0. The van der Waals surface area contributed by atoms with Gasteiger partial charge in [0.1, 0.15) is 0 Å². The van der Waals surface area contributed by atoms with Crippen LogP contribution in [0.15, 0.2) is 0 Å². The lowest BCUT2D eigenvalue weighted by atomic mass is 9.91. The largest absolute Gasteiger partial charge is 0.375 e. The van der Waals surface area contributed by atoms with Crippen LogP contribution >= 0.6 is 0 Å². The van der Waals surface area contributed by atoms with Crippen molar-refractivity contribution < 1.29 is 9.53 Å². The summed E-state index contributed by atoms with van der Waals surface area (Å²) in [6.07, 6.45) is 3.89. The Bertz CT molecular complexity index is 392. The third-order valence-corrected chi connectivity index (χ3v) is 4.99. The molecule has 2 rings (SSSR count). The second-order valence-electron chi connectivity index (χ2n) is 7.94. The first-order valence-electron chi connectivity index (χ1n) is 8.43. The molecule has 2 heterocycles. The molecular formula is C17H32N2O2. The van der Waals surface area contributed by atoms with E-state index in [0.29, 0.717) is 12.0 Å². The molecule has 2 aliphatic rings. The predicted octanol–water partition coefficient (Wildman–Crippen LogP) is 2.92. The fraction of sp³-hybridized carbons (Fsp3) is 0.941. The lowest BCUT2D eigenvalue weighted by Gasteiger charge is -2.42. The van der Waals surface area contributed by atoms with Crippen LogP contribution in [-0.2, 0) is 9.53 Å². The third kappa shape index (κ3) is 3.42. The van der Waals surface area contributed by atoms with Gasteiger partial charge < -0.3 is 9.64 Å². The molecule has 122 valence electrons. The molecule has 1 amide bonds. The Morgan fingerprint density at radius 2 is 2.05 bits per heavy atom. The second kappa shape index (κ2) is 5.88. The highest BCUT2D eigenvalue weighted by Gasteiger charge is 2.50. The van der Waals surface area contributed by atoms with Crippen LogP contribution in [0.2, 0.25) is 0 Å². The molecule has 0 aliphatic carbocycles. The summed E-state index contributed by atoms with van der Waals surface area (Å²) in [4.78, 5) is 15.1. The summed E-state index contributed by atoms with van der Waals surface area (Å²) in [5, 5.41) is 3.61. The Hall–Kier alpha value is -0.610. The van der Waals surface area contributed by atoms with E-state index < -0.39 is 5.54 Å². The lowest BCUT2D eigenvalue weighted by Crippen LogP contribution is -2.51. The molecule has 1 N–H and O–H groups in total. The molecule has 3 atom stereocenters. The molecule has 0 spiro atoms. The number of hydrogen-bond acceptors (Lipinski definition) is 3. The Kier molecular flexibility index (Phi) is 4.69. The van der Waals surface area contributed by atoms with E-state index in [0.717, 1.165) is 32.3 Å². The van der Waals surface area contributed by atoms with Crippen molar-refractivity contribution in [3.8, 4) is 0 Å². The Morgan fingerprint density at radius 3 is 2.57 bits per heavy atom. The van der Waals surface area contributed by atoms with E-state index in [4.69, 9.17) is 4.74 Å². The molecule has 4 heteroatoms. The van der Waals surface area contributed by atoms with Gasteiger partial charge in [0.05, 0.1) is 17.3 Å². The Morgan fingerprint density at radius 1 is 1.38 bits per heavy atom. The van der Waals surface area contributed by atoms with E-state index in [9.17, 15) is 4.79 Å². The van der Waals surface area contributed by atoms with E-state index in [1.54, 1.807) is 0 Å². The van der Waals surface area contributed by atoms with Gasteiger partial charge in [-0.25, -0.2) is 0 Å². The van der Waals surface area contributed by atoms with Gasteiger partial charge in [-0.3, -0.25) is 10.1 Å². The molecule has 0 saturated carbocycles. The van der Waals surface area contributed by atoms with Gasteiger partial charge in [0, 0.05) is 12.6 Å². The van der Waals surface area contributed by atoms with E-state index in [2.05, 4.69) is 44.8 Å². The van der Waals surface area contributed by atoms with E-state index >= 15 is 0 Å². The average Bonchev–Trinajstić information content (AvgIpc) is 2.60. The first kappa shape index (κ1) is 16.8. The first-order chi connectivity index (χ1) is 9.68. The molecule has 4 nitrogen and oxygen atoms in total. The van der Waals surface area contributed by atoms with Gasteiger partial charge in [-0.05, 0) is 52.4 Å². The second-order valence-corrected chi connectivity index (χ2v) is 7.94. The maximum Gasteiger partial charge on any atom is 0.244 e. The quantitative estimate of drug-likeness (QED) is 0.867. The van der Waals surface area contributed by atoms with Crippen molar-refractivity contribution in [2.24, 2.45) is 5.92 Å². The zero-order valence-electron chi connectivity index (χ0n) is 14.5. The molecule has 0 aromatic heterocycles. The number of rotatable bonds is 4. The molecule has 2 fully saturated rings. The topological polar surface area (TPSA) is 41.6 Å². The van der Waals surface area contributed by atoms with Crippen LogP contribution < -0.4 is 5.32 Å². The summed E-state index contributed by atoms with van der Waals surface area (Å²) in [5.41, 5.74) is -0.529. The van der Waals surface area contributed by atoms with Crippen molar-refractivity contribution in [3.63, 3.8) is 0 Å². The van der Waals surface area contributed by atoms with Crippen LogP contribution in [0.1, 0.15) is 67.2 Å². The maximum absolute atomic E-state index is 13.0.